The van der Waals surface area contributed by atoms with Crippen molar-refractivity contribution in [3.8, 4) is 11.1 Å². The van der Waals surface area contributed by atoms with Gasteiger partial charge >= 0.3 is 0 Å². The lowest BCUT2D eigenvalue weighted by Gasteiger charge is -2.09. The van der Waals surface area contributed by atoms with Crippen LogP contribution in [-0.2, 0) is 13.0 Å². The number of aromatic nitrogens is 1. The SMILES string of the molecule is NCCc1cn(Cc2cccc(C(N)=O)c2)c2ccc(-c3cccc4oc5ccccc5c34)cc12. The fourth-order valence-corrected chi connectivity index (χ4v) is 5.06. The Balaban J connectivity index is 1.49. The first-order valence-corrected chi connectivity index (χ1v) is 11.7. The van der Waals surface area contributed by atoms with Crippen LogP contribution in [0, 0.1) is 0 Å². The van der Waals surface area contributed by atoms with Gasteiger partial charge in [-0.05, 0) is 71.6 Å². The van der Waals surface area contributed by atoms with Gasteiger partial charge in [0.05, 0.1) is 0 Å². The molecule has 0 aliphatic carbocycles. The Kier molecular flexibility index (Phi) is 5.12. The van der Waals surface area contributed by atoms with Crippen molar-refractivity contribution in [2.75, 3.05) is 6.54 Å². The highest BCUT2D eigenvalue weighted by Crippen LogP contribution is 2.38. The zero-order chi connectivity index (χ0) is 23.9. The first kappa shape index (κ1) is 21.2. The van der Waals surface area contributed by atoms with Gasteiger partial charge < -0.3 is 20.5 Å². The summed E-state index contributed by atoms with van der Waals surface area (Å²) in [5.74, 6) is -0.418. The summed E-state index contributed by atoms with van der Waals surface area (Å²) in [5.41, 5.74) is 19.4. The molecule has 4 aromatic carbocycles. The van der Waals surface area contributed by atoms with E-state index in [0.717, 1.165) is 50.6 Å². The Bertz CT molecular complexity index is 1720. The van der Waals surface area contributed by atoms with Gasteiger partial charge in [0.25, 0.3) is 0 Å². The van der Waals surface area contributed by atoms with E-state index in [1.165, 1.54) is 10.9 Å². The molecule has 0 unspecified atom stereocenters. The predicted octanol–water partition coefficient (Wildman–Crippen LogP) is 5.86. The maximum absolute atomic E-state index is 11.6. The Hall–Kier alpha value is -4.35. The highest BCUT2D eigenvalue weighted by Gasteiger charge is 2.15. The molecule has 0 aliphatic rings. The molecule has 0 aliphatic heterocycles. The summed E-state index contributed by atoms with van der Waals surface area (Å²) in [6, 6.07) is 28.5. The summed E-state index contributed by atoms with van der Waals surface area (Å²) in [4.78, 5) is 11.6. The predicted molar refractivity (Wildman–Crippen MR) is 141 cm³/mol. The van der Waals surface area contributed by atoms with Crippen LogP contribution in [0.1, 0.15) is 21.5 Å². The van der Waals surface area contributed by atoms with Crippen molar-refractivity contribution in [2.45, 2.75) is 13.0 Å². The third-order valence-corrected chi connectivity index (χ3v) is 6.66. The van der Waals surface area contributed by atoms with E-state index >= 15 is 0 Å². The van der Waals surface area contributed by atoms with E-state index in [1.807, 2.05) is 48.5 Å². The molecule has 6 rings (SSSR count). The molecule has 35 heavy (non-hydrogen) atoms. The van der Waals surface area contributed by atoms with Gasteiger partial charge in [-0.25, -0.2) is 0 Å². The van der Waals surface area contributed by atoms with Crippen molar-refractivity contribution in [1.29, 1.82) is 0 Å². The minimum atomic E-state index is -0.418. The van der Waals surface area contributed by atoms with E-state index in [4.69, 9.17) is 15.9 Å². The number of fused-ring (bicyclic) bond motifs is 4. The number of primary amides is 1. The van der Waals surface area contributed by atoms with E-state index in [2.05, 4.69) is 41.1 Å². The molecule has 2 heterocycles. The fourth-order valence-electron chi connectivity index (χ4n) is 5.06. The number of benzene rings is 4. The quantitative estimate of drug-likeness (QED) is 0.327. The second kappa shape index (κ2) is 8.46. The summed E-state index contributed by atoms with van der Waals surface area (Å²) in [5, 5.41) is 3.43. The standard InChI is InChI=1S/C30H25N3O2/c31-14-13-22-18-33(17-19-5-3-6-21(15-19)30(32)34)26-12-11-20(16-25(22)26)23-8-4-10-28-29(23)24-7-1-2-9-27(24)35-28/h1-12,15-16,18H,13-14,17,31H2,(H2,32,34). The summed E-state index contributed by atoms with van der Waals surface area (Å²) < 4.78 is 8.33. The normalized spacial score (nSPS) is 11.6. The maximum Gasteiger partial charge on any atom is 0.248 e. The van der Waals surface area contributed by atoms with Gasteiger partial charge in [0.15, 0.2) is 0 Å². The zero-order valence-electron chi connectivity index (χ0n) is 19.2. The van der Waals surface area contributed by atoms with Crippen LogP contribution in [0.3, 0.4) is 0 Å². The van der Waals surface area contributed by atoms with Crippen LogP contribution < -0.4 is 11.5 Å². The monoisotopic (exact) mass is 459 g/mol. The molecular weight excluding hydrogens is 434 g/mol. The lowest BCUT2D eigenvalue weighted by molar-refractivity contribution is 0.1000. The van der Waals surface area contributed by atoms with E-state index in [0.29, 0.717) is 18.7 Å². The Labute approximate surface area is 202 Å². The molecule has 5 nitrogen and oxygen atoms in total. The van der Waals surface area contributed by atoms with Gasteiger partial charge in [-0.1, -0.05) is 48.5 Å². The number of carbonyl (C=O) groups excluding carboxylic acids is 1. The molecule has 5 heteroatoms. The molecule has 1 amide bonds. The first-order valence-electron chi connectivity index (χ1n) is 11.7. The number of hydrogen-bond donors (Lipinski definition) is 2. The van der Waals surface area contributed by atoms with Crippen LogP contribution in [0.4, 0.5) is 0 Å². The molecule has 0 spiro atoms. The van der Waals surface area contributed by atoms with Crippen LogP contribution in [0.15, 0.2) is 95.5 Å². The third kappa shape index (κ3) is 3.66. The molecule has 0 fully saturated rings. The molecule has 0 saturated heterocycles. The van der Waals surface area contributed by atoms with Crippen molar-refractivity contribution in [2.24, 2.45) is 11.5 Å². The van der Waals surface area contributed by atoms with Gasteiger partial charge in [0.2, 0.25) is 5.91 Å². The number of furan rings is 1. The number of amides is 1. The van der Waals surface area contributed by atoms with E-state index in [9.17, 15) is 4.79 Å². The minimum absolute atomic E-state index is 0.418. The summed E-state index contributed by atoms with van der Waals surface area (Å²) >= 11 is 0. The highest BCUT2D eigenvalue weighted by molar-refractivity contribution is 6.12. The summed E-state index contributed by atoms with van der Waals surface area (Å²) in [6.45, 7) is 1.21. The van der Waals surface area contributed by atoms with Crippen LogP contribution in [-0.4, -0.2) is 17.0 Å². The number of rotatable bonds is 6. The number of para-hydroxylation sites is 1. The number of nitrogens with two attached hydrogens (primary N) is 2. The molecular formula is C30H25N3O2. The van der Waals surface area contributed by atoms with Crippen LogP contribution in [0.5, 0.6) is 0 Å². The van der Waals surface area contributed by atoms with Crippen molar-refractivity contribution < 1.29 is 9.21 Å². The smallest absolute Gasteiger partial charge is 0.248 e. The molecule has 0 atom stereocenters. The topological polar surface area (TPSA) is 87.2 Å². The third-order valence-electron chi connectivity index (χ3n) is 6.66. The van der Waals surface area contributed by atoms with Crippen molar-refractivity contribution >= 4 is 38.7 Å². The average Bonchev–Trinajstić information content (AvgIpc) is 3.42. The lowest BCUT2D eigenvalue weighted by atomic mass is 9.97. The zero-order valence-corrected chi connectivity index (χ0v) is 19.2. The van der Waals surface area contributed by atoms with Gasteiger partial charge in [-0.15, -0.1) is 0 Å². The van der Waals surface area contributed by atoms with E-state index < -0.39 is 5.91 Å². The molecule has 4 N–H and O–H groups in total. The molecule has 0 bridgehead atoms. The van der Waals surface area contributed by atoms with Gasteiger partial charge in [-0.2, -0.15) is 0 Å². The minimum Gasteiger partial charge on any atom is -0.456 e. The van der Waals surface area contributed by atoms with Crippen molar-refractivity contribution in [3.63, 3.8) is 0 Å². The highest BCUT2D eigenvalue weighted by atomic mass is 16.3. The number of nitrogens with zero attached hydrogens (tertiary/aromatic N) is 1. The van der Waals surface area contributed by atoms with Crippen LogP contribution >= 0.6 is 0 Å². The Morgan fingerprint density at radius 3 is 2.54 bits per heavy atom. The Morgan fingerprint density at radius 2 is 1.69 bits per heavy atom. The van der Waals surface area contributed by atoms with Crippen molar-refractivity contribution in [3.05, 3.63) is 108 Å². The summed E-state index contributed by atoms with van der Waals surface area (Å²) in [6.07, 6.45) is 2.96. The average molecular weight is 460 g/mol. The van der Waals surface area contributed by atoms with Gasteiger partial charge in [0.1, 0.15) is 11.2 Å². The van der Waals surface area contributed by atoms with Crippen LogP contribution in [0.2, 0.25) is 0 Å². The maximum atomic E-state index is 11.6. The van der Waals surface area contributed by atoms with Gasteiger partial charge in [-0.3, -0.25) is 4.79 Å². The first-order chi connectivity index (χ1) is 17.1. The molecule has 0 radical (unpaired) electrons. The van der Waals surface area contributed by atoms with Gasteiger partial charge in [0, 0.05) is 40.0 Å². The number of hydrogen-bond acceptors (Lipinski definition) is 3. The summed E-state index contributed by atoms with van der Waals surface area (Å²) in [7, 11) is 0. The fraction of sp³-hybridized carbons (Fsp3) is 0.100. The van der Waals surface area contributed by atoms with E-state index in [1.54, 1.807) is 6.07 Å². The molecule has 0 saturated carbocycles. The molecule has 6 aromatic rings. The Morgan fingerprint density at radius 1 is 0.857 bits per heavy atom. The number of carbonyl (C=O) groups is 1. The van der Waals surface area contributed by atoms with Crippen LogP contribution in [0.25, 0.3) is 44.0 Å². The molecule has 172 valence electrons. The second-order valence-corrected chi connectivity index (χ2v) is 8.89. The molecule has 2 aromatic heterocycles. The second-order valence-electron chi connectivity index (χ2n) is 8.89. The largest absolute Gasteiger partial charge is 0.456 e. The van der Waals surface area contributed by atoms with Crippen molar-refractivity contribution in [1.82, 2.24) is 4.57 Å². The lowest BCUT2D eigenvalue weighted by Crippen LogP contribution is -2.11. The van der Waals surface area contributed by atoms with E-state index in [-0.39, 0.29) is 0 Å².